The lowest BCUT2D eigenvalue weighted by Gasteiger charge is -2.10. The molecule has 0 aromatic carbocycles. The summed E-state index contributed by atoms with van der Waals surface area (Å²) in [7, 11) is 0. The molecule has 0 fully saturated rings. The molecule has 0 saturated heterocycles. The van der Waals surface area contributed by atoms with E-state index in [1.807, 2.05) is 5.32 Å². The number of nitrogens with one attached hydrogen (secondary N) is 2. The number of hydrogen-bond donors (Lipinski definition) is 2. The second-order valence-corrected chi connectivity index (χ2v) is 2.67. The molecule has 1 unspecified atom stereocenters. The third kappa shape index (κ3) is 7.43. The number of amides is 1. The van der Waals surface area contributed by atoms with Gasteiger partial charge in [0.25, 0.3) is 0 Å². The Balaban J connectivity index is 3.61. The second-order valence-electron chi connectivity index (χ2n) is 2.67. The van der Waals surface area contributed by atoms with Crippen LogP contribution in [0.2, 0.25) is 0 Å². The van der Waals surface area contributed by atoms with E-state index in [-0.39, 0.29) is 0 Å². The van der Waals surface area contributed by atoms with E-state index in [2.05, 4.69) is 11.2 Å². The molecule has 0 aliphatic heterocycles. The van der Waals surface area contributed by atoms with Crippen LogP contribution in [0, 0.1) is 12.3 Å². The summed E-state index contributed by atoms with van der Waals surface area (Å²) < 4.78 is 34.8. The summed E-state index contributed by atoms with van der Waals surface area (Å²) in [6.45, 7) is -0.0297. The standard InChI is InChI=1S/C8H11F3N2O/c1-3-6(2)13-7(14)4-12-5-8(9,10)11/h1,6,12H,4-5H2,2H3,(H,13,14). The Kier molecular flexibility index (Phi) is 5.02. The fourth-order valence-corrected chi connectivity index (χ4v) is 0.652. The molecule has 0 aliphatic rings. The first kappa shape index (κ1) is 12.8. The quantitative estimate of drug-likeness (QED) is 0.651. The molecule has 14 heavy (non-hydrogen) atoms. The summed E-state index contributed by atoms with van der Waals surface area (Å²) in [5.41, 5.74) is 0. The van der Waals surface area contributed by atoms with Gasteiger partial charge in [-0.05, 0) is 6.92 Å². The first-order valence-corrected chi connectivity index (χ1v) is 3.88. The van der Waals surface area contributed by atoms with Gasteiger partial charge in [-0.15, -0.1) is 6.42 Å². The van der Waals surface area contributed by atoms with Crippen molar-refractivity contribution in [2.24, 2.45) is 0 Å². The average Bonchev–Trinajstić information content (AvgIpc) is 2.01. The normalized spacial score (nSPS) is 13.1. The molecule has 0 aromatic rings. The molecule has 2 N–H and O–H groups in total. The highest BCUT2D eigenvalue weighted by Gasteiger charge is 2.26. The molecule has 0 bridgehead atoms. The Morgan fingerprint density at radius 2 is 2.14 bits per heavy atom. The van der Waals surface area contributed by atoms with Crippen LogP contribution in [-0.4, -0.2) is 31.2 Å². The van der Waals surface area contributed by atoms with Crippen molar-refractivity contribution >= 4 is 5.91 Å². The van der Waals surface area contributed by atoms with Crippen LogP contribution in [0.5, 0.6) is 0 Å². The lowest BCUT2D eigenvalue weighted by molar-refractivity contribution is -0.128. The van der Waals surface area contributed by atoms with Gasteiger partial charge in [-0.25, -0.2) is 0 Å². The molecule has 3 nitrogen and oxygen atoms in total. The van der Waals surface area contributed by atoms with Gasteiger partial charge in [-0.1, -0.05) is 5.92 Å². The average molecular weight is 208 g/mol. The van der Waals surface area contributed by atoms with E-state index in [4.69, 9.17) is 6.42 Å². The van der Waals surface area contributed by atoms with E-state index in [0.29, 0.717) is 0 Å². The van der Waals surface area contributed by atoms with E-state index in [1.165, 1.54) is 0 Å². The summed E-state index contributed by atoms with van der Waals surface area (Å²) in [5.74, 6) is 1.66. The van der Waals surface area contributed by atoms with Crippen LogP contribution in [0.15, 0.2) is 0 Å². The number of alkyl halides is 3. The molecule has 1 amide bonds. The number of carbonyl (C=O) groups excluding carboxylic acids is 1. The molecular weight excluding hydrogens is 197 g/mol. The molecule has 0 saturated carbocycles. The highest BCUT2D eigenvalue weighted by molar-refractivity contribution is 5.78. The maximum atomic E-state index is 11.6. The molecule has 0 radical (unpaired) electrons. The maximum absolute atomic E-state index is 11.6. The fourth-order valence-electron chi connectivity index (χ4n) is 0.652. The van der Waals surface area contributed by atoms with Gasteiger partial charge in [0.1, 0.15) is 0 Å². The minimum atomic E-state index is -4.31. The number of terminal acetylenes is 1. The molecule has 0 aliphatic carbocycles. The topological polar surface area (TPSA) is 41.1 Å². The maximum Gasteiger partial charge on any atom is 0.401 e. The van der Waals surface area contributed by atoms with Crippen molar-refractivity contribution in [1.82, 2.24) is 10.6 Å². The van der Waals surface area contributed by atoms with Gasteiger partial charge in [0.2, 0.25) is 5.91 Å². The predicted molar refractivity (Wildman–Crippen MR) is 45.4 cm³/mol. The van der Waals surface area contributed by atoms with Crippen LogP contribution in [-0.2, 0) is 4.79 Å². The Bertz CT molecular complexity index is 232. The van der Waals surface area contributed by atoms with Gasteiger partial charge < -0.3 is 10.6 Å². The summed E-state index contributed by atoms with van der Waals surface area (Å²) in [5, 5.41) is 4.26. The van der Waals surface area contributed by atoms with E-state index in [0.717, 1.165) is 0 Å². The molecule has 1 atom stereocenters. The highest BCUT2D eigenvalue weighted by atomic mass is 19.4. The third-order valence-corrected chi connectivity index (χ3v) is 1.24. The van der Waals surface area contributed by atoms with E-state index in [1.54, 1.807) is 6.92 Å². The second kappa shape index (κ2) is 5.50. The van der Waals surface area contributed by atoms with Crippen molar-refractivity contribution in [3.63, 3.8) is 0 Å². The lowest BCUT2D eigenvalue weighted by Crippen LogP contribution is -2.41. The number of carbonyl (C=O) groups is 1. The van der Waals surface area contributed by atoms with Crippen molar-refractivity contribution < 1.29 is 18.0 Å². The monoisotopic (exact) mass is 208 g/mol. The predicted octanol–water partition coefficient (Wildman–Crippen LogP) is 0.276. The summed E-state index contributed by atoms with van der Waals surface area (Å²) >= 11 is 0. The van der Waals surface area contributed by atoms with Crippen LogP contribution in [0.1, 0.15) is 6.92 Å². The van der Waals surface area contributed by atoms with Gasteiger partial charge in [-0.3, -0.25) is 4.79 Å². The van der Waals surface area contributed by atoms with Gasteiger partial charge >= 0.3 is 6.18 Å². The Morgan fingerprint density at radius 3 is 2.57 bits per heavy atom. The molecule has 80 valence electrons. The van der Waals surface area contributed by atoms with Gasteiger partial charge in [0, 0.05) is 0 Å². The van der Waals surface area contributed by atoms with E-state index in [9.17, 15) is 18.0 Å². The van der Waals surface area contributed by atoms with E-state index < -0.39 is 31.2 Å². The lowest BCUT2D eigenvalue weighted by atomic mass is 10.3. The Labute approximate surface area is 80.1 Å². The van der Waals surface area contributed by atoms with Crippen molar-refractivity contribution in [1.29, 1.82) is 0 Å². The molecule has 0 rings (SSSR count). The molecule has 0 heterocycles. The van der Waals surface area contributed by atoms with Crippen molar-refractivity contribution in [3.8, 4) is 12.3 Å². The molecular formula is C8H11F3N2O. The largest absolute Gasteiger partial charge is 0.401 e. The molecule has 0 aromatic heterocycles. The summed E-state index contributed by atoms with van der Waals surface area (Å²) in [6, 6.07) is -0.477. The zero-order valence-corrected chi connectivity index (χ0v) is 7.61. The molecule has 6 heteroatoms. The van der Waals surface area contributed by atoms with Gasteiger partial charge in [0.05, 0.1) is 19.1 Å². The van der Waals surface area contributed by atoms with Crippen LogP contribution < -0.4 is 10.6 Å². The van der Waals surface area contributed by atoms with Crippen LogP contribution >= 0.6 is 0 Å². The first-order valence-electron chi connectivity index (χ1n) is 3.88. The van der Waals surface area contributed by atoms with E-state index >= 15 is 0 Å². The van der Waals surface area contributed by atoms with Crippen molar-refractivity contribution in [2.45, 2.75) is 19.1 Å². The Morgan fingerprint density at radius 1 is 1.57 bits per heavy atom. The highest BCUT2D eigenvalue weighted by Crippen LogP contribution is 2.11. The smallest absolute Gasteiger partial charge is 0.342 e. The van der Waals surface area contributed by atoms with Gasteiger partial charge in [-0.2, -0.15) is 13.2 Å². The number of hydrogen-bond acceptors (Lipinski definition) is 2. The zero-order valence-electron chi connectivity index (χ0n) is 7.61. The Hall–Kier alpha value is -1.22. The first-order chi connectivity index (χ1) is 6.35. The van der Waals surface area contributed by atoms with Crippen LogP contribution in [0.4, 0.5) is 13.2 Å². The minimum absolute atomic E-state index is 0.397. The SMILES string of the molecule is C#CC(C)NC(=O)CNCC(F)(F)F. The number of halogens is 3. The van der Waals surface area contributed by atoms with Crippen LogP contribution in [0.3, 0.4) is 0 Å². The molecule has 0 spiro atoms. The number of rotatable bonds is 4. The fraction of sp³-hybridized carbons (Fsp3) is 0.625. The summed E-state index contributed by atoms with van der Waals surface area (Å²) in [6.07, 6.45) is 0.646. The third-order valence-electron chi connectivity index (χ3n) is 1.24. The van der Waals surface area contributed by atoms with Gasteiger partial charge in [0.15, 0.2) is 0 Å². The van der Waals surface area contributed by atoms with Crippen molar-refractivity contribution in [3.05, 3.63) is 0 Å². The van der Waals surface area contributed by atoms with Crippen molar-refractivity contribution in [2.75, 3.05) is 13.1 Å². The minimum Gasteiger partial charge on any atom is -0.342 e. The summed E-state index contributed by atoms with van der Waals surface area (Å²) in [4.78, 5) is 10.9. The zero-order chi connectivity index (χ0) is 11.2. The van der Waals surface area contributed by atoms with Crippen LogP contribution in [0.25, 0.3) is 0 Å².